The van der Waals surface area contributed by atoms with E-state index in [1.807, 2.05) is 0 Å². The molecule has 0 saturated heterocycles. The highest BCUT2D eigenvalue weighted by Gasteiger charge is 2.27. The Balaban J connectivity index is 3.95. The van der Waals surface area contributed by atoms with Gasteiger partial charge in [0.25, 0.3) is 0 Å². The Morgan fingerprint density at radius 2 is 1.83 bits per heavy atom. The van der Waals surface area contributed by atoms with Crippen LogP contribution in [-0.2, 0) is 4.74 Å². The smallest absolute Gasteiger partial charge is 0.0562 e. The molecule has 0 heterocycles. The molecule has 3 nitrogen and oxygen atoms in total. The average Bonchev–Trinajstić information content (AvgIpc) is 2.13. The summed E-state index contributed by atoms with van der Waals surface area (Å²) in [6, 6.07) is 0. The van der Waals surface area contributed by atoms with E-state index in [0.29, 0.717) is 6.61 Å². The maximum Gasteiger partial charge on any atom is 0.0562 e. The molecule has 12 heavy (non-hydrogen) atoms. The Hall–Kier alpha value is -0.120. The summed E-state index contributed by atoms with van der Waals surface area (Å²) >= 11 is 0. The summed E-state index contributed by atoms with van der Waals surface area (Å²) < 4.78 is 4.97. The fraction of sp³-hybridized carbons (Fsp3) is 1.00. The van der Waals surface area contributed by atoms with Crippen LogP contribution in [-0.4, -0.2) is 37.1 Å². The van der Waals surface area contributed by atoms with Gasteiger partial charge in [-0.2, -0.15) is 0 Å². The molecule has 0 rings (SSSR count). The number of methoxy groups -OCH3 is 1. The molecule has 0 aromatic heterocycles. The fourth-order valence-corrected chi connectivity index (χ4v) is 1.23. The number of hydrogen-bond donors (Lipinski definition) is 2. The van der Waals surface area contributed by atoms with E-state index in [4.69, 9.17) is 14.9 Å². The molecule has 0 saturated carbocycles. The number of aliphatic hydroxyl groups excluding tert-OH is 2. The van der Waals surface area contributed by atoms with Crippen LogP contribution in [0.4, 0.5) is 0 Å². The van der Waals surface area contributed by atoms with Crippen LogP contribution in [0.3, 0.4) is 0 Å². The van der Waals surface area contributed by atoms with Crippen molar-refractivity contribution in [2.45, 2.75) is 26.2 Å². The topological polar surface area (TPSA) is 49.7 Å². The van der Waals surface area contributed by atoms with Gasteiger partial charge < -0.3 is 14.9 Å². The molecule has 0 radical (unpaired) electrons. The molecular weight excluding hydrogens is 156 g/mol. The number of hydrogen-bond acceptors (Lipinski definition) is 3. The number of aliphatic hydroxyl groups is 2. The normalized spacial score (nSPS) is 12.0. The van der Waals surface area contributed by atoms with Gasteiger partial charge in [0.15, 0.2) is 0 Å². The minimum absolute atomic E-state index is 0.00264. The highest BCUT2D eigenvalue weighted by Crippen LogP contribution is 2.23. The van der Waals surface area contributed by atoms with Crippen LogP contribution < -0.4 is 0 Å². The summed E-state index contributed by atoms with van der Waals surface area (Å²) in [5.41, 5.74) is -0.426. The Kier molecular flexibility index (Phi) is 6.34. The van der Waals surface area contributed by atoms with Gasteiger partial charge in [-0.05, 0) is 6.42 Å². The second-order valence-corrected chi connectivity index (χ2v) is 3.35. The minimum atomic E-state index is -0.426. The van der Waals surface area contributed by atoms with Crippen LogP contribution in [0.5, 0.6) is 0 Å². The van der Waals surface area contributed by atoms with Crippen molar-refractivity contribution in [1.29, 1.82) is 0 Å². The predicted molar refractivity (Wildman–Crippen MR) is 48.0 cm³/mol. The zero-order valence-electron chi connectivity index (χ0n) is 8.05. The lowest BCUT2D eigenvalue weighted by atomic mass is 9.85. The maximum absolute atomic E-state index is 9.09. The van der Waals surface area contributed by atoms with Gasteiger partial charge in [-0.15, -0.1) is 0 Å². The van der Waals surface area contributed by atoms with Crippen molar-refractivity contribution >= 4 is 0 Å². The summed E-state index contributed by atoms with van der Waals surface area (Å²) in [5.74, 6) is 0. The van der Waals surface area contributed by atoms with Crippen molar-refractivity contribution < 1.29 is 14.9 Å². The third-order valence-electron chi connectivity index (χ3n) is 2.18. The molecule has 0 amide bonds. The molecule has 0 aliphatic rings. The second kappa shape index (κ2) is 6.40. The minimum Gasteiger partial charge on any atom is -0.396 e. The van der Waals surface area contributed by atoms with Gasteiger partial charge >= 0.3 is 0 Å². The molecule has 74 valence electrons. The molecule has 0 fully saturated rings. The molecule has 0 aliphatic heterocycles. The first-order valence-corrected chi connectivity index (χ1v) is 4.45. The quantitative estimate of drug-likeness (QED) is 0.603. The third-order valence-corrected chi connectivity index (χ3v) is 2.18. The van der Waals surface area contributed by atoms with E-state index < -0.39 is 5.41 Å². The van der Waals surface area contributed by atoms with Gasteiger partial charge in [0, 0.05) is 12.5 Å². The first kappa shape index (κ1) is 11.9. The molecule has 0 aromatic rings. The molecule has 0 unspecified atom stereocenters. The van der Waals surface area contributed by atoms with Crippen molar-refractivity contribution in [3.8, 4) is 0 Å². The van der Waals surface area contributed by atoms with Gasteiger partial charge in [0.1, 0.15) is 0 Å². The van der Waals surface area contributed by atoms with Gasteiger partial charge in [-0.25, -0.2) is 0 Å². The molecule has 0 spiro atoms. The van der Waals surface area contributed by atoms with Crippen molar-refractivity contribution in [3.63, 3.8) is 0 Å². The summed E-state index contributed by atoms with van der Waals surface area (Å²) in [7, 11) is 1.59. The van der Waals surface area contributed by atoms with Crippen LogP contribution in [0.2, 0.25) is 0 Å². The Bertz CT molecular complexity index is 99.9. The van der Waals surface area contributed by atoms with E-state index in [2.05, 4.69) is 6.92 Å². The molecular formula is C9H20O3. The summed E-state index contributed by atoms with van der Waals surface area (Å²) in [6.45, 7) is 2.51. The van der Waals surface area contributed by atoms with Crippen molar-refractivity contribution in [1.82, 2.24) is 0 Å². The zero-order chi connectivity index (χ0) is 9.45. The SMILES string of the molecule is CCCCC(CO)(CO)COC. The fourth-order valence-electron chi connectivity index (χ4n) is 1.23. The van der Waals surface area contributed by atoms with E-state index in [1.54, 1.807) is 7.11 Å². The summed E-state index contributed by atoms with van der Waals surface area (Å²) in [6.07, 6.45) is 2.92. The second-order valence-electron chi connectivity index (χ2n) is 3.35. The number of ether oxygens (including phenoxy) is 1. The largest absolute Gasteiger partial charge is 0.396 e. The van der Waals surface area contributed by atoms with Gasteiger partial charge in [-0.3, -0.25) is 0 Å². The average molecular weight is 176 g/mol. The Morgan fingerprint density at radius 1 is 1.25 bits per heavy atom. The highest BCUT2D eigenvalue weighted by molar-refractivity contribution is 4.77. The number of unbranched alkanes of at least 4 members (excludes halogenated alkanes) is 1. The van der Waals surface area contributed by atoms with E-state index in [1.165, 1.54) is 0 Å². The molecule has 2 N–H and O–H groups in total. The van der Waals surface area contributed by atoms with Crippen molar-refractivity contribution in [3.05, 3.63) is 0 Å². The summed E-state index contributed by atoms with van der Waals surface area (Å²) in [5, 5.41) is 18.2. The highest BCUT2D eigenvalue weighted by atomic mass is 16.5. The lowest BCUT2D eigenvalue weighted by Gasteiger charge is -2.28. The predicted octanol–water partition coefficient (Wildman–Crippen LogP) is 0.794. The molecule has 0 bridgehead atoms. The monoisotopic (exact) mass is 176 g/mol. The van der Waals surface area contributed by atoms with E-state index in [0.717, 1.165) is 19.3 Å². The van der Waals surface area contributed by atoms with Gasteiger partial charge in [0.05, 0.1) is 19.8 Å². The van der Waals surface area contributed by atoms with Gasteiger partial charge in [-0.1, -0.05) is 19.8 Å². The van der Waals surface area contributed by atoms with Crippen molar-refractivity contribution in [2.75, 3.05) is 26.9 Å². The van der Waals surface area contributed by atoms with Crippen LogP contribution in [0, 0.1) is 5.41 Å². The molecule has 3 heteroatoms. The van der Waals surface area contributed by atoms with E-state index in [9.17, 15) is 0 Å². The molecule has 0 aliphatic carbocycles. The van der Waals surface area contributed by atoms with Crippen LogP contribution in [0.15, 0.2) is 0 Å². The van der Waals surface area contributed by atoms with Crippen molar-refractivity contribution in [2.24, 2.45) is 5.41 Å². The summed E-state index contributed by atoms with van der Waals surface area (Å²) in [4.78, 5) is 0. The van der Waals surface area contributed by atoms with Gasteiger partial charge in [0.2, 0.25) is 0 Å². The number of rotatable bonds is 7. The van der Waals surface area contributed by atoms with Crippen LogP contribution >= 0.6 is 0 Å². The maximum atomic E-state index is 9.09. The van der Waals surface area contributed by atoms with E-state index >= 15 is 0 Å². The first-order valence-electron chi connectivity index (χ1n) is 4.45. The standard InChI is InChI=1S/C9H20O3/c1-3-4-5-9(6-10,7-11)8-12-2/h10-11H,3-8H2,1-2H3. The van der Waals surface area contributed by atoms with Crippen LogP contribution in [0.25, 0.3) is 0 Å². The lowest BCUT2D eigenvalue weighted by molar-refractivity contribution is -0.0184. The van der Waals surface area contributed by atoms with E-state index in [-0.39, 0.29) is 13.2 Å². The Labute approximate surface area is 74.4 Å². The molecule has 0 atom stereocenters. The first-order chi connectivity index (χ1) is 5.74. The Morgan fingerprint density at radius 3 is 2.17 bits per heavy atom. The molecule has 0 aromatic carbocycles. The lowest BCUT2D eigenvalue weighted by Crippen LogP contribution is -2.34. The van der Waals surface area contributed by atoms with Crippen LogP contribution in [0.1, 0.15) is 26.2 Å². The third kappa shape index (κ3) is 3.52. The zero-order valence-corrected chi connectivity index (χ0v) is 8.05.